The summed E-state index contributed by atoms with van der Waals surface area (Å²) in [5.74, 6) is -2.15. The summed E-state index contributed by atoms with van der Waals surface area (Å²) >= 11 is 0. The van der Waals surface area contributed by atoms with Crippen LogP contribution in [-0.4, -0.2) is 26.8 Å². The Labute approximate surface area is 202 Å². The first-order chi connectivity index (χ1) is 16.5. The number of benzene rings is 3. The number of nitrogens with one attached hydrogen (secondary N) is 2. The minimum Gasteiger partial charge on any atom is -0.497 e. The van der Waals surface area contributed by atoms with E-state index in [4.69, 9.17) is 4.74 Å². The van der Waals surface area contributed by atoms with Crippen LogP contribution < -0.4 is 14.8 Å². The van der Waals surface area contributed by atoms with Gasteiger partial charge in [0.2, 0.25) is 0 Å². The molecule has 0 unspecified atom stereocenters. The molecule has 35 heavy (non-hydrogen) atoms. The molecule has 0 amide bonds. The molecule has 0 fully saturated rings. The monoisotopic (exact) mass is 498 g/mol. The van der Waals surface area contributed by atoms with E-state index in [1.807, 2.05) is 32.0 Å². The van der Waals surface area contributed by atoms with E-state index in [0.29, 0.717) is 11.4 Å². The normalized spacial score (nSPS) is 15.7. The quantitative estimate of drug-likeness (QED) is 0.372. The lowest BCUT2D eigenvalue weighted by Gasteiger charge is -2.35. The molecule has 0 aliphatic carbocycles. The molecule has 3 aromatic rings. The fourth-order valence-corrected chi connectivity index (χ4v) is 5.24. The van der Waals surface area contributed by atoms with Crippen molar-refractivity contribution in [2.24, 2.45) is 0 Å². The first-order valence-electron chi connectivity index (χ1n) is 10.8. The Morgan fingerprint density at radius 2 is 1.74 bits per heavy atom. The number of carbonyl (C=O) groups is 1. The summed E-state index contributed by atoms with van der Waals surface area (Å²) in [5.41, 5.74) is 2.40. The van der Waals surface area contributed by atoms with E-state index < -0.39 is 26.6 Å². The summed E-state index contributed by atoms with van der Waals surface area (Å²) < 4.78 is 60.7. The van der Waals surface area contributed by atoms with Crippen LogP contribution in [0, 0.1) is 11.6 Å². The number of anilines is 1. The van der Waals surface area contributed by atoms with Crippen molar-refractivity contribution in [2.45, 2.75) is 30.7 Å². The van der Waals surface area contributed by atoms with Gasteiger partial charge in [-0.25, -0.2) is 17.2 Å². The van der Waals surface area contributed by atoms with Gasteiger partial charge in [-0.1, -0.05) is 24.3 Å². The van der Waals surface area contributed by atoms with Crippen LogP contribution in [0.1, 0.15) is 35.3 Å². The Balaban J connectivity index is 1.66. The van der Waals surface area contributed by atoms with Gasteiger partial charge in [-0.2, -0.15) is 0 Å². The maximum absolute atomic E-state index is 14.0. The van der Waals surface area contributed by atoms with Crippen LogP contribution in [-0.2, 0) is 16.4 Å². The zero-order valence-corrected chi connectivity index (χ0v) is 20.2. The minimum absolute atomic E-state index is 0.00379. The Kier molecular flexibility index (Phi) is 6.38. The molecule has 0 saturated heterocycles. The van der Waals surface area contributed by atoms with Gasteiger partial charge in [0.05, 0.1) is 7.11 Å². The summed E-state index contributed by atoms with van der Waals surface area (Å²) in [7, 11) is -2.99. The average Bonchev–Trinajstić information content (AvgIpc) is 2.77. The average molecular weight is 499 g/mol. The molecule has 3 aromatic carbocycles. The summed E-state index contributed by atoms with van der Waals surface area (Å²) in [6.45, 7) is 4.05. The van der Waals surface area contributed by atoms with Crippen molar-refractivity contribution in [3.05, 3.63) is 95.1 Å². The number of halogens is 2. The molecular formula is C26H24F2N2O4S. The number of hydrogen-bond acceptors (Lipinski definition) is 5. The largest absolute Gasteiger partial charge is 0.497 e. The van der Waals surface area contributed by atoms with Gasteiger partial charge in [-0.05, 0) is 62.2 Å². The highest BCUT2D eigenvalue weighted by atomic mass is 32.2. The predicted molar refractivity (Wildman–Crippen MR) is 130 cm³/mol. The molecule has 0 spiro atoms. The molecule has 1 heterocycles. The Bertz CT molecular complexity index is 1430. The lowest BCUT2D eigenvalue weighted by Crippen LogP contribution is -2.43. The van der Waals surface area contributed by atoms with Crippen LogP contribution in [0.5, 0.6) is 5.75 Å². The van der Waals surface area contributed by atoms with Gasteiger partial charge in [0.15, 0.2) is 10.7 Å². The van der Waals surface area contributed by atoms with Gasteiger partial charge in [0.25, 0.3) is 10.0 Å². The summed E-state index contributed by atoms with van der Waals surface area (Å²) in [5, 5.41) is 3.38. The maximum Gasteiger partial charge on any atom is 0.267 e. The highest BCUT2D eigenvalue weighted by Gasteiger charge is 2.29. The molecule has 0 aromatic heterocycles. The van der Waals surface area contributed by atoms with Crippen LogP contribution in [0.15, 0.2) is 71.6 Å². The van der Waals surface area contributed by atoms with Crippen LogP contribution in [0.25, 0.3) is 5.70 Å². The second kappa shape index (κ2) is 9.14. The van der Waals surface area contributed by atoms with E-state index in [-0.39, 0.29) is 22.6 Å². The smallest absolute Gasteiger partial charge is 0.267 e. The molecule has 0 bridgehead atoms. The summed E-state index contributed by atoms with van der Waals surface area (Å²) in [4.78, 5) is 12.1. The highest BCUT2D eigenvalue weighted by Crippen LogP contribution is 2.32. The number of allylic oxidation sites excluding steroid dienone is 1. The van der Waals surface area contributed by atoms with Crippen LogP contribution in [0.4, 0.5) is 14.5 Å². The number of ketones is 1. The second-order valence-electron chi connectivity index (χ2n) is 8.87. The first kappa shape index (κ1) is 24.4. The fraction of sp³-hybridized carbons (Fsp3) is 0.192. The number of carbonyl (C=O) groups excluding carboxylic acids is 1. The zero-order chi connectivity index (χ0) is 25.4. The van der Waals surface area contributed by atoms with Crippen LogP contribution >= 0.6 is 0 Å². The van der Waals surface area contributed by atoms with E-state index in [9.17, 15) is 22.0 Å². The molecule has 4 rings (SSSR count). The number of hydrogen-bond donors (Lipinski definition) is 2. The molecule has 9 heteroatoms. The lowest BCUT2D eigenvalue weighted by molar-refractivity contribution is 0.104. The Morgan fingerprint density at radius 1 is 1.06 bits per heavy atom. The van der Waals surface area contributed by atoms with Gasteiger partial charge in [-0.15, -0.1) is 0 Å². The van der Waals surface area contributed by atoms with E-state index in [1.165, 1.54) is 30.3 Å². The molecule has 0 radical (unpaired) electrons. The van der Waals surface area contributed by atoms with Crippen molar-refractivity contribution in [1.82, 2.24) is 5.32 Å². The Hall–Kier alpha value is -3.72. The van der Waals surface area contributed by atoms with Gasteiger partial charge in [-0.3, -0.25) is 9.52 Å². The van der Waals surface area contributed by atoms with Crippen molar-refractivity contribution in [3.63, 3.8) is 0 Å². The third-order valence-electron chi connectivity index (χ3n) is 5.58. The number of ether oxygens (including phenoxy) is 1. The first-order valence-corrected chi connectivity index (χ1v) is 12.3. The lowest BCUT2D eigenvalue weighted by atomic mass is 9.85. The van der Waals surface area contributed by atoms with Crippen molar-refractivity contribution in [1.29, 1.82) is 0 Å². The van der Waals surface area contributed by atoms with E-state index in [2.05, 4.69) is 10.0 Å². The van der Waals surface area contributed by atoms with Gasteiger partial charge in [0.1, 0.15) is 17.4 Å². The van der Waals surface area contributed by atoms with Gasteiger partial charge < -0.3 is 10.1 Å². The second-order valence-corrected chi connectivity index (χ2v) is 10.5. The predicted octanol–water partition coefficient (Wildman–Crippen LogP) is 4.92. The van der Waals surface area contributed by atoms with Crippen LogP contribution in [0.2, 0.25) is 0 Å². The number of rotatable bonds is 6. The molecule has 0 atom stereocenters. The van der Waals surface area contributed by atoms with Crippen molar-refractivity contribution in [2.75, 3.05) is 11.8 Å². The van der Waals surface area contributed by atoms with Gasteiger partial charge >= 0.3 is 0 Å². The number of fused-ring (bicyclic) bond motifs is 1. The standard InChI is InChI=1S/C26H24F2N2O4S/c1-26(2)15-17-10-11-19(34-3)13-20(17)23(29-26)14-24(31)16-6-4-7-18(12-16)30-35(32,33)25-21(27)8-5-9-22(25)28/h4-14,29-30H,15H2,1-3H3. The van der Waals surface area contributed by atoms with E-state index in [1.54, 1.807) is 7.11 Å². The fourth-order valence-electron chi connectivity index (χ4n) is 4.05. The minimum atomic E-state index is -4.56. The van der Waals surface area contributed by atoms with Crippen molar-refractivity contribution < 1.29 is 26.7 Å². The molecule has 2 N–H and O–H groups in total. The SMILES string of the molecule is COc1ccc2c(c1)C(=CC(=O)c1cccc(NS(=O)(=O)c3c(F)cccc3F)c1)NC(C)(C)C2. The van der Waals surface area contributed by atoms with Gasteiger partial charge in [0, 0.05) is 34.1 Å². The highest BCUT2D eigenvalue weighted by molar-refractivity contribution is 7.92. The third-order valence-corrected chi connectivity index (χ3v) is 7.01. The molecule has 0 saturated carbocycles. The molecule has 6 nitrogen and oxygen atoms in total. The topological polar surface area (TPSA) is 84.5 Å². The van der Waals surface area contributed by atoms with Crippen molar-refractivity contribution in [3.8, 4) is 5.75 Å². The summed E-state index contributed by atoms with van der Waals surface area (Å²) in [6.07, 6.45) is 2.20. The summed E-state index contributed by atoms with van der Waals surface area (Å²) in [6, 6.07) is 14.2. The van der Waals surface area contributed by atoms with Crippen molar-refractivity contribution >= 4 is 27.2 Å². The number of methoxy groups -OCH3 is 1. The molecule has 1 aliphatic heterocycles. The molecule has 182 valence electrons. The molecule has 1 aliphatic rings. The molecular weight excluding hydrogens is 474 g/mol. The maximum atomic E-state index is 14.0. The van der Waals surface area contributed by atoms with E-state index >= 15 is 0 Å². The third kappa shape index (κ3) is 5.19. The zero-order valence-electron chi connectivity index (χ0n) is 19.4. The Morgan fingerprint density at radius 3 is 2.43 bits per heavy atom. The number of sulfonamides is 1. The van der Waals surface area contributed by atoms with E-state index in [0.717, 1.165) is 35.7 Å². The van der Waals surface area contributed by atoms with Crippen LogP contribution in [0.3, 0.4) is 0 Å².